The summed E-state index contributed by atoms with van der Waals surface area (Å²) >= 11 is 0. The molecule has 14 nitrogen and oxygen atoms in total. The molecule has 0 radical (unpaired) electrons. The summed E-state index contributed by atoms with van der Waals surface area (Å²) < 4.78 is 45.0. The van der Waals surface area contributed by atoms with Crippen LogP contribution in [0, 0.1) is 0 Å². The van der Waals surface area contributed by atoms with Gasteiger partial charge in [0.15, 0.2) is 41.2 Å². The molecule has 260 valence electrons. The van der Waals surface area contributed by atoms with Gasteiger partial charge in [0.2, 0.25) is 11.7 Å². The molecule has 16 heteroatoms. The second-order valence-electron chi connectivity index (χ2n) is 13.0. The van der Waals surface area contributed by atoms with Gasteiger partial charge < -0.3 is 34.8 Å². The van der Waals surface area contributed by atoms with Crippen molar-refractivity contribution < 1.29 is 37.9 Å². The van der Waals surface area contributed by atoms with Crippen LogP contribution in [0.1, 0.15) is 58.6 Å². The monoisotopic (exact) mass is 695 g/mol. The first-order valence-corrected chi connectivity index (χ1v) is 17.7. The van der Waals surface area contributed by atoms with Crippen LogP contribution in [0.3, 0.4) is 0 Å². The third kappa shape index (κ3) is 6.60. The summed E-state index contributed by atoms with van der Waals surface area (Å²) in [6.07, 6.45) is 2.71. The van der Waals surface area contributed by atoms with Crippen LogP contribution in [0.2, 0.25) is 0 Å². The topological polar surface area (TPSA) is 182 Å². The van der Waals surface area contributed by atoms with Gasteiger partial charge in [-0.25, -0.2) is 14.2 Å². The molecule has 4 aromatic rings. The fraction of sp³-hybridized carbons (Fsp3) is 0.515. The number of carbonyl (C=O) groups excluding carboxylic acids is 1. The number of rotatable bonds is 10. The molecule has 0 bridgehead atoms. The van der Waals surface area contributed by atoms with E-state index in [9.17, 15) is 14.8 Å². The van der Waals surface area contributed by atoms with Crippen LogP contribution >= 0.6 is 8.17 Å². The van der Waals surface area contributed by atoms with Crippen molar-refractivity contribution in [1.29, 1.82) is 0 Å². The number of aromatic nitrogens is 4. The zero-order valence-corrected chi connectivity index (χ0v) is 28.2. The number of carbonyl (C=O) groups is 1. The lowest BCUT2D eigenvalue weighted by atomic mass is 9.98. The molecule has 3 aliphatic rings. The Hall–Kier alpha value is -4.17. The molecule has 6 atom stereocenters. The van der Waals surface area contributed by atoms with Crippen LogP contribution in [0.25, 0.3) is 21.9 Å². The first kappa shape index (κ1) is 33.3. The van der Waals surface area contributed by atoms with E-state index in [1.165, 1.54) is 24.7 Å². The molecule has 2 aromatic heterocycles. The van der Waals surface area contributed by atoms with E-state index in [1.54, 1.807) is 24.3 Å². The van der Waals surface area contributed by atoms with E-state index in [-0.39, 0.29) is 30.2 Å². The third-order valence-electron chi connectivity index (χ3n) is 9.38. The molecule has 2 saturated heterocycles. The van der Waals surface area contributed by atoms with Crippen LogP contribution in [0.15, 0.2) is 47.5 Å². The highest BCUT2D eigenvalue weighted by molar-refractivity contribution is 7.34. The summed E-state index contributed by atoms with van der Waals surface area (Å²) in [5.41, 5.74) is 4.80. The van der Waals surface area contributed by atoms with Gasteiger partial charge in [-0.15, -0.1) is 0 Å². The summed E-state index contributed by atoms with van der Waals surface area (Å²) in [4.78, 5) is 41.0. The molecule has 7 rings (SSSR count). The standard InChI is InChI=1S/C33H39FN7O7P/c1-19(30(42)46-21-10-4-3-5-11-21)39-49(44)48-26-22-12-7-6-9-20(22)13-14-23(26)45-17-24-27(34)33(2,43)31(47-24)41-18-36-25-28(40-15-8-16-40)37-32(35)38-29(25)41/h6-7,9,12-14,18-19,21,24,27,31,43H,3-5,8,10-11,15-17H2,1-2H3,(H2,35,37,38)/t19-,24+,27+,31+,33+/m0/s1. The SMILES string of the molecule is C[C@H](N=[P+]([O-])Oc1c(OC[C@H]2O[C@@H](n3cnc4c(N5CCC5)nc(N)nc43)[C@](C)(O)[C@@H]2F)ccc2ccccc12)C(=O)OC1CCCCC1. The fourth-order valence-electron chi connectivity index (χ4n) is 6.53. The van der Waals surface area contributed by atoms with Crippen LogP contribution in [-0.4, -0.2) is 80.3 Å². The molecule has 3 N–H and O–H groups in total. The molecular weight excluding hydrogens is 656 g/mol. The smallest absolute Gasteiger partial charge is 0.395 e. The maximum Gasteiger partial charge on any atom is 0.395 e. The van der Waals surface area contributed by atoms with E-state index >= 15 is 4.39 Å². The molecule has 3 fully saturated rings. The Kier molecular flexibility index (Phi) is 9.27. The van der Waals surface area contributed by atoms with Crippen molar-refractivity contribution in [3.8, 4) is 11.5 Å². The van der Waals surface area contributed by atoms with Gasteiger partial charge in [0.25, 0.3) is 0 Å². The Morgan fingerprint density at radius 2 is 1.98 bits per heavy atom. The molecule has 49 heavy (non-hydrogen) atoms. The number of nitrogens with zero attached hydrogens (tertiary/aromatic N) is 6. The number of halogens is 1. The van der Waals surface area contributed by atoms with E-state index in [4.69, 9.17) is 24.5 Å². The number of nitrogens with two attached hydrogens (primary N) is 1. The van der Waals surface area contributed by atoms with Crippen LogP contribution in [-0.2, 0) is 14.3 Å². The van der Waals surface area contributed by atoms with Crippen molar-refractivity contribution in [2.45, 2.75) is 88.6 Å². The molecular formula is C33H39FN7O7P. The normalized spacial score (nSPS) is 25.4. The highest BCUT2D eigenvalue weighted by Gasteiger charge is 2.55. The van der Waals surface area contributed by atoms with E-state index in [0.717, 1.165) is 57.0 Å². The van der Waals surface area contributed by atoms with E-state index in [1.807, 2.05) is 17.0 Å². The van der Waals surface area contributed by atoms with Gasteiger partial charge in [0, 0.05) is 18.5 Å². The largest absolute Gasteiger partial charge is 0.575 e. The number of aliphatic hydroxyl groups is 1. The fourth-order valence-corrected chi connectivity index (χ4v) is 7.30. The predicted octanol–water partition coefficient (Wildman–Crippen LogP) is 4.34. The van der Waals surface area contributed by atoms with Crippen LogP contribution < -0.4 is 24.8 Å². The van der Waals surface area contributed by atoms with Gasteiger partial charge in [-0.05, 0) is 57.4 Å². The summed E-state index contributed by atoms with van der Waals surface area (Å²) in [5.74, 6) is 0.306. The van der Waals surface area contributed by atoms with E-state index in [2.05, 4.69) is 19.7 Å². The third-order valence-corrected chi connectivity index (χ3v) is 10.3. The molecule has 0 spiro atoms. The second kappa shape index (κ2) is 13.6. The van der Waals surface area contributed by atoms with E-state index in [0.29, 0.717) is 22.4 Å². The minimum absolute atomic E-state index is 0.0230. The van der Waals surface area contributed by atoms with Gasteiger partial charge in [0.05, 0.1) is 6.33 Å². The lowest BCUT2D eigenvalue weighted by molar-refractivity contribution is -0.170. The van der Waals surface area contributed by atoms with Gasteiger partial charge in [0.1, 0.15) is 24.4 Å². The number of alkyl halides is 1. The maximum atomic E-state index is 15.9. The number of anilines is 2. The average molecular weight is 696 g/mol. The Bertz CT molecular complexity index is 1880. The van der Waals surface area contributed by atoms with Gasteiger partial charge >= 0.3 is 14.1 Å². The van der Waals surface area contributed by atoms with Crippen molar-refractivity contribution in [2.75, 3.05) is 30.3 Å². The molecule has 4 heterocycles. The number of esters is 1. The van der Waals surface area contributed by atoms with Crippen molar-refractivity contribution in [2.24, 2.45) is 4.74 Å². The number of benzene rings is 2. The highest BCUT2D eigenvalue weighted by atomic mass is 31.1. The Morgan fingerprint density at radius 3 is 2.73 bits per heavy atom. The molecule has 2 aliphatic heterocycles. The van der Waals surface area contributed by atoms with Crippen LogP contribution in [0.5, 0.6) is 11.5 Å². The summed E-state index contributed by atoms with van der Waals surface area (Å²) in [7, 11) is -2.73. The zero-order valence-electron chi connectivity index (χ0n) is 27.3. The van der Waals surface area contributed by atoms with Crippen molar-refractivity contribution in [1.82, 2.24) is 19.5 Å². The van der Waals surface area contributed by atoms with Gasteiger partial charge in [-0.1, -0.05) is 41.5 Å². The average Bonchev–Trinajstić information content (AvgIpc) is 3.57. The maximum absolute atomic E-state index is 15.9. The Balaban J connectivity index is 1.10. The number of hydrogen-bond acceptors (Lipinski definition) is 13. The predicted molar refractivity (Wildman–Crippen MR) is 178 cm³/mol. The lowest BCUT2D eigenvalue weighted by Gasteiger charge is -2.32. The van der Waals surface area contributed by atoms with Gasteiger partial charge in [-0.3, -0.25) is 9.09 Å². The number of nitrogen functional groups attached to an aromatic ring is 1. The minimum Gasteiger partial charge on any atom is -0.575 e. The number of fused-ring (bicyclic) bond motifs is 2. The summed E-state index contributed by atoms with van der Waals surface area (Å²) in [5, 5.41) is 12.7. The van der Waals surface area contributed by atoms with Crippen LogP contribution in [0.4, 0.5) is 16.2 Å². The Labute approximate surface area is 283 Å². The summed E-state index contributed by atoms with van der Waals surface area (Å²) in [6.45, 7) is 4.13. The minimum atomic E-state index is -2.73. The van der Waals surface area contributed by atoms with Crippen molar-refractivity contribution in [3.05, 3.63) is 42.7 Å². The molecule has 1 unspecified atom stereocenters. The van der Waals surface area contributed by atoms with Crippen molar-refractivity contribution >= 4 is 47.8 Å². The van der Waals surface area contributed by atoms with E-state index < -0.39 is 44.3 Å². The number of imidazole rings is 1. The van der Waals surface area contributed by atoms with Crippen molar-refractivity contribution in [3.63, 3.8) is 0 Å². The molecule has 2 aromatic carbocycles. The molecule has 1 aliphatic carbocycles. The number of hydrogen-bond donors (Lipinski definition) is 2. The molecule has 1 saturated carbocycles. The Morgan fingerprint density at radius 1 is 1.20 bits per heavy atom. The number of ether oxygens (including phenoxy) is 3. The summed E-state index contributed by atoms with van der Waals surface area (Å²) in [6, 6.07) is 9.62. The first-order valence-electron chi connectivity index (χ1n) is 16.6. The molecule has 0 amide bonds. The highest BCUT2D eigenvalue weighted by Crippen LogP contribution is 2.44. The first-order chi connectivity index (χ1) is 23.6. The van der Waals surface area contributed by atoms with Gasteiger partial charge in [-0.2, -0.15) is 9.97 Å². The second-order valence-corrected chi connectivity index (χ2v) is 13.9. The zero-order chi connectivity index (χ0) is 34.3. The lowest BCUT2D eigenvalue weighted by Crippen LogP contribution is -2.42. The quantitative estimate of drug-likeness (QED) is 0.177.